The monoisotopic (exact) mass is 495 g/mol. The number of carbonyl (C=O) groups excluding carboxylic acids is 2. The van der Waals surface area contributed by atoms with E-state index in [4.69, 9.17) is 5.26 Å². The first-order valence-corrected chi connectivity index (χ1v) is 11.6. The summed E-state index contributed by atoms with van der Waals surface area (Å²) in [6.45, 7) is 2.91. The van der Waals surface area contributed by atoms with Crippen molar-refractivity contribution in [2.24, 2.45) is 0 Å². The number of rotatable bonds is 9. The van der Waals surface area contributed by atoms with Crippen molar-refractivity contribution in [3.8, 4) is 17.3 Å². The number of hydrogen-bond donors (Lipinski definition) is 3. The molecule has 37 heavy (non-hydrogen) atoms. The molecule has 0 aliphatic rings. The molecule has 3 aromatic heterocycles. The average molecular weight is 496 g/mol. The molecule has 0 saturated carbocycles. The third kappa shape index (κ3) is 5.82. The van der Waals surface area contributed by atoms with Gasteiger partial charge in [0.05, 0.1) is 23.7 Å². The van der Waals surface area contributed by atoms with E-state index in [0.717, 1.165) is 16.6 Å². The molecule has 1 atom stereocenters. The summed E-state index contributed by atoms with van der Waals surface area (Å²) in [5.74, 6) is 0.0964. The fourth-order valence-corrected chi connectivity index (χ4v) is 3.79. The van der Waals surface area contributed by atoms with Gasteiger partial charge < -0.3 is 16.0 Å². The zero-order valence-electron chi connectivity index (χ0n) is 20.4. The Morgan fingerprint density at radius 2 is 1.86 bits per heavy atom. The van der Waals surface area contributed by atoms with Gasteiger partial charge in [0.1, 0.15) is 29.9 Å². The summed E-state index contributed by atoms with van der Waals surface area (Å²) in [4.78, 5) is 45.7. The van der Waals surface area contributed by atoms with Gasteiger partial charge in [-0.25, -0.2) is 19.9 Å². The molecule has 0 unspecified atom stereocenters. The lowest BCUT2D eigenvalue weighted by molar-refractivity contribution is 0.0945. The van der Waals surface area contributed by atoms with Crippen molar-refractivity contribution >= 4 is 28.5 Å². The van der Waals surface area contributed by atoms with Crippen LogP contribution < -0.4 is 16.0 Å². The van der Waals surface area contributed by atoms with Crippen LogP contribution in [-0.4, -0.2) is 56.9 Å². The number of pyridine rings is 1. The molecular weight excluding hydrogens is 470 g/mol. The number of carbonyl (C=O) groups is 2. The number of hydrogen-bond acceptors (Lipinski definition) is 9. The van der Waals surface area contributed by atoms with Crippen LogP contribution >= 0.6 is 0 Å². The van der Waals surface area contributed by atoms with E-state index in [-0.39, 0.29) is 36.4 Å². The van der Waals surface area contributed by atoms with Crippen LogP contribution in [0.5, 0.6) is 0 Å². The first-order chi connectivity index (χ1) is 18.0. The van der Waals surface area contributed by atoms with Crippen LogP contribution in [0.25, 0.3) is 22.2 Å². The minimum atomic E-state index is -0.331. The predicted octanol–water partition coefficient (Wildman–Crippen LogP) is 2.70. The molecule has 0 spiro atoms. The van der Waals surface area contributed by atoms with Gasteiger partial charge in [-0.2, -0.15) is 5.26 Å². The maximum atomic E-state index is 12.2. The first-order valence-electron chi connectivity index (χ1n) is 11.6. The van der Waals surface area contributed by atoms with Crippen molar-refractivity contribution in [1.29, 1.82) is 5.26 Å². The van der Waals surface area contributed by atoms with E-state index < -0.39 is 0 Å². The lowest BCUT2D eigenvalue weighted by Crippen LogP contribution is -2.25. The van der Waals surface area contributed by atoms with Crippen molar-refractivity contribution in [3.05, 3.63) is 72.2 Å². The van der Waals surface area contributed by atoms with Crippen LogP contribution in [0, 0.1) is 11.3 Å². The molecule has 0 radical (unpaired) electrons. The average Bonchev–Trinajstić information content (AvgIpc) is 2.95. The first kappa shape index (κ1) is 25.1. The number of nitrogens with one attached hydrogen (secondary N) is 3. The van der Waals surface area contributed by atoms with E-state index in [9.17, 15) is 9.59 Å². The summed E-state index contributed by atoms with van der Waals surface area (Å²) < 4.78 is 0. The molecule has 11 nitrogen and oxygen atoms in total. The summed E-state index contributed by atoms with van der Waals surface area (Å²) in [6.07, 6.45) is 4.69. The van der Waals surface area contributed by atoms with Gasteiger partial charge in [-0.05, 0) is 17.7 Å². The number of benzene rings is 1. The third-order valence-electron chi connectivity index (χ3n) is 5.74. The molecule has 11 heteroatoms. The maximum Gasteiger partial charge on any atom is 0.270 e. The Kier molecular flexibility index (Phi) is 7.90. The molecule has 3 N–H and O–H groups in total. The van der Waals surface area contributed by atoms with Gasteiger partial charge in [0.2, 0.25) is 0 Å². The SMILES string of the molecule is CNC(=O)c1ncnc2c([C@H](C)CNc3cc(-c4ccc(C(=O)NCCC#N)nc4)ncn3)cccc12. The van der Waals surface area contributed by atoms with E-state index in [1.165, 1.54) is 12.7 Å². The third-order valence-corrected chi connectivity index (χ3v) is 5.74. The zero-order chi connectivity index (χ0) is 26.2. The lowest BCUT2D eigenvalue weighted by Gasteiger charge is -2.16. The number of aromatic nitrogens is 5. The van der Waals surface area contributed by atoms with Gasteiger partial charge in [-0.1, -0.05) is 25.1 Å². The summed E-state index contributed by atoms with van der Waals surface area (Å²) in [7, 11) is 1.57. The van der Waals surface area contributed by atoms with Gasteiger partial charge in [-0.3, -0.25) is 14.6 Å². The molecule has 1 aromatic carbocycles. The molecule has 0 fully saturated rings. The lowest BCUT2D eigenvalue weighted by atomic mass is 9.97. The van der Waals surface area contributed by atoms with Crippen molar-refractivity contribution in [1.82, 2.24) is 35.6 Å². The van der Waals surface area contributed by atoms with Crippen LogP contribution in [0.1, 0.15) is 45.8 Å². The summed E-state index contributed by atoms with van der Waals surface area (Å²) >= 11 is 0. The molecule has 4 aromatic rings. The minimum Gasteiger partial charge on any atom is -0.369 e. The van der Waals surface area contributed by atoms with E-state index in [1.807, 2.05) is 30.3 Å². The summed E-state index contributed by atoms with van der Waals surface area (Å²) in [5, 5.41) is 17.9. The van der Waals surface area contributed by atoms with Gasteiger partial charge >= 0.3 is 0 Å². The van der Waals surface area contributed by atoms with E-state index in [0.29, 0.717) is 29.1 Å². The Bertz CT molecular complexity index is 1470. The molecular formula is C26H25N9O2. The van der Waals surface area contributed by atoms with E-state index in [2.05, 4.69) is 47.8 Å². The minimum absolute atomic E-state index is 0.0510. The van der Waals surface area contributed by atoms with Crippen molar-refractivity contribution < 1.29 is 9.59 Å². The topological polar surface area (TPSA) is 158 Å². The Morgan fingerprint density at radius 3 is 2.62 bits per heavy atom. The second kappa shape index (κ2) is 11.6. The highest BCUT2D eigenvalue weighted by Crippen LogP contribution is 2.26. The summed E-state index contributed by atoms with van der Waals surface area (Å²) in [6, 6.07) is 12.9. The fourth-order valence-electron chi connectivity index (χ4n) is 3.79. The highest BCUT2D eigenvalue weighted by molar-refractivity contribution is 6.04. The van der Waals surface area contributed by atoms with Crippen LogP contribution in [0.4, 0.5) is 5.82 Å². The zero-order valence-corrected chi connectivity index (χ0v) is 20.4. The highest BCUT2D eigenvalue weighted by atomic mass is 16.2. The second-order valence-electron chi connectivity index (χ2n) is 8.21. The van der Waals surface area contributed by atoms with Gasteiger partial charge in [0.15, 0.2) is 0 Å². The van der Waals surface area contributed by atoms with E-state index >= 15 is 0 Å². The Hall–Kier alpha value is -4.98. The van der Waals surface area contributed by atoms with Crippen LogP contribution in [-0.2, 0) is 0 Å². The Balaban J connectivity index is 1.46. The van der Waals surface area contributed by atoms with E-state index in [1.54, 1.807) is 25.4 Å². The smallest absolute Gasteiger partial charge is 0.270 e. The highest BCUT2D eigenvalue weighted by Gasteiger charge is 2.16. The molecule has 0 aliphatic carbocycles. The number of nitriles is 1. The van der Waals surface area contributed by atoms with Crippen LogP contribution in [0.15, 0.2) is 55.2 Å². The summed E-state index contributed by atoms with van der Waals surface area (Å²) in [5.41, 5.74) is 3.72. The molecule has 2 amide bonds. The quantitative estimate of drug-likeness (QED) is 0.297. The normalized spacial score (nSPS) is 11.4. The number of fused-ring (bicyclic) bond motifs is 1. The van der Waals surface area contributed by atoms with Gasteiger partial charge in [0.25, 0.3) is 11.8 Å². The largest absolute Gasteiger partial charge is 0.369 e. The molecule has 4 rings (SSSR count). The number of anilines is 1. The molecule has 0 bridgehead atoms. The van der Waals surface area contributed by atoms with Crippen LogP contribution in [0.2, 0.25) is 0 Å². The standard InChI is InChI=1S/C26H25N9O2/c1-16(18-5-3-6-19-23(18)34-15-35-24(19)26(37)28-2)12-31-22-11-21(32-14-33-22)17-7-8-20(30-13-17)25(36)29-10-4-9-27/h3,5-8,11,13-16H,4,10,12H2,1-2H3,(H,28,37)(H,29,36)(H,31,32,33)/t16-/m1/s1. The molecule has 3 heterocycles. The number of nitrogens with zero attached hydrogens (tertiary/aromatic N) is 6. The van der Waals surface area contributed by atoms with Crippen LogP contribution in [0.3, 0.4) is 0 Å². The second-order valence-corrected chi connectivity index (χ2v) is 8.21. The Labute approximate surface area is 213 Å². The Morgan fingerprint density at radius 1 is 1.03 bits per heavy atom. The van der Waals surface area contributed by atoms with Crippen molar-refractivity contribution in [2.75, 3.05) is 25.5 Å². The molecule has 0 aliphatic heterocycles. The predicted molar refractivity (Wildman–Crippen MR) is 138 cm³/mol. The number of amides is 2. The molecule has 0 saturated heterocycles. The van der Waals surface area contributed by atoms with Crippen molar-refractivity contribution in [3.63, 3.8) is 0 Å². The van der Waals surface area contributed by atoms with Crippen molar-refractivity contribution in [2.45, 2.75) is 19.3 Å². The van der Waals surface area contributed by atoms with Gasteiger partial charge in [0, 0.05) is 49.3 Å². The fraction of sp³-hybridized carbons (Fsp3) is 0.231. The number of para-hydroxylation sites is 1. The maximum absolute atomic E-state index is 12.2. The van der Waals surface area contributed by atoms with Gasteiger partial charge in [-0.15, -0.1) is 0 Å². The molecule has 186 valence electrons.